The lowest BCUT2D eigenvalue weighted by Crippen LogP contribution is -2.61. The molecule has 7 atom stereocenters. The van der Waals surface area contributed by atoms with Crippen molar-refractivity contribution < 1.29 is 9.52 Å². The molecule has 2 unspecified atom stereocenters. The average molecular weight is 343 g/mol. The number of hydrogen-bond donors (Lipinski definition) is 1. The van der Waals surface area contributed by atoms with Crippen LogP contribution in [0.4, 0.5) is 0 Å². The smallest absolute Gasteiger partial charge is 0.0937 e. The number of hydrogen-bond acceptors (Lipinski definition) is 2. The summed E-state index contributed by atoms with van der Waals surface area (Å²) >= 11 is 0. The van der Waals surface area contributed by atoms with Crippen LogP contribution in [0.15, 0.2) is 23.0 Å². The second kappa shape index (κ2) is 5.38. The first kappa shape index (κ1) is 16.4. The van der Waals surface area contributed by atoms with Crippen molar-refractivity contribution in [1.82, 2.24) is 0 Å². The topological polar surface area (TPSA) is 33.4 Å². The minimum absolute atomic E-state index is 0.0237. The van der Waals surface area contributed by atoms with Crippen molar-refractivity contribution in [2.24, 2.45) is 28.6 Å². The second-order valence-electron chi connectivity index (χ2n) is 10.3. The maximum atomic E-state index is 12.1. The summed E-state index contributed by atoms with van der Waals surface area (Å²) in [4.78, 5) is 0. The minimum atomic E-state index is -0.469. The Morgan fingerprint density at radius 2 is 1.84 bits per heavy atom. The molecule has 0 aromatic carbocycles. The lowest BCUT2D eigenvalue weighted by atomic mass is 9.43. The van der Waals surface area contributed by atoms with Crippen LogP contribution in [-0.2, 0) is 0 Å². The van der Waals surface area contributed by atoms with Gasteiger partial charge in [-0.3, -0.25) is 0 Å². The molecule has 0 bridgehead atoms. The molecule has 0 aliphatic heterocycles. The quantitative estimate of drug-likeness (QED) is 0.688. The Kier molecular flexibility index (Phi) is 3.53. The molecule has 1 aromatic rings. The van der Waals surface area contributed by atoms with E-state index in [2.05, 4.69) is 19.9 Å². The molecule has 1 aromatic heterocycles. The van der Waals surface area contributed by atoms with Gasteiger partial charge in [-0.25, -0.2) is 0 Å². The van der Waals surface area contributed by atoms with Gasteiger partial charge in [-0.05, 0) is 92.1 Å². The van der Waals surface area contributed by atoms with E-state index in [9.17, 15) is 5.11 Å². The van der Waals surface area contributed by atoms with E-state index in [1.54, 1.807) is 6.26 Å². The first-order valence-corrected chi connectivity index (χ1v) is 10.7. The van der Waals surface area contributed by atoms with Gasteiger partial charge in [0.15, 0.2) is 0 Å². The fraction of sp³-hybridized carbons (Fsp3) is 0.826. The zero-order valence-corrected chi connectivity index (χ0v) is 16.0. The fourth-order valence-electron chi connectivity index (χ4n) is 8.27. The van der Waals surface area contributed by atoms with Gasteiger partial charge in [0, 0.05) is 5.41 Å². The molecule has 4 aliphatic rings. The highest BCUT2D eigenvalue weighted by Gasteiger charge is 2.67. The molecule has 2 heteroatoms. The molecule has 0 saturated heterocycles. The van der Waals surface area contributed by atoms with Gasteiger partial charge in [0.05, 0.1) is 18.1 Å². The molecule has 4 fully saturated rings. The summed E-state index contributed by atoms with van der Waals surface area (Å²) in [6, 6.07) is 2.13. The van der Waals surface area contributed by atoms with Gasteiger partial charge in [-0.15, -0.1) is 0 Å². The van der Waals surface area contributed by atoms with Crippen molar-refractivity contribution in [2.75, 3.05) is 0 Å². The van der Waals surface area contributed by atoms with Crippen LogP contribution in [0.3, 0.4) is 0 Å². The average Bonchev–Trinajstić information content (AvgIpc) is 3.20. The van der Waals surface area contributed by atoms with E-state index in [0.717, 1.165) is 24.7 Å². The normalized spacial score (nSPS) is 52.3. The van der Waals surface area contributed by atoms with Gasteiger partial charge in [-0.2, -0.15) is 0 Å². The summed E-state index contributed by atoms with van der Waals surface area (Å²) in [6.07, 6.45) is 16.6. The third-order valence-corrected chi connectivity index (χ3v) is 9.72. The van der Waals surface area contributed by atoms with E-state index in [4.69, 9.17) is 4.42 Å². The van der Waals surface area contributed by atoms with Crippen LogP contribution in [0.1, 0.15) is 89.5 Å². The van der Waals surface area contributed by atoms with E-state index in [1.807, 2.05) is 6.26 Å². The first-order chi connectivity index (χ1) is 12.0. The van der Waals surface area contributed by atoms with Crippen molar-refractivity contribution in [1.29, 1.82) is 0 Å². The highest BCUT2D eigenvalue weighted by atomic mass is 16.3. The summed E-state index contributed by atoms with van der Waals surface area (Å²) < 4.78 is 5.40. The van der Waals surface area contributed by atoms with Crippen LogP contribution >= 0.6 is 0 Å². The summed E-state index contributed by atoms with van der Waals surface area (Å²) in [7, 11) is 0. The standard InChI is InChI=1S/C23H34O2/c1-21-11-4-3-5-17(21)6-7-20-19(21)8-12-22(2)18(9-13-23(20,22)24)16-10-14-25-15-16/h10,14-15,17-20,24H,3-9,11-13H2,1-2H3/t17?,18?,19-,20-,21+,22-,23-/m1/s1. The van der Waals surface area contributed by atoms with Crippen molar-refractivity contribution in [3.8, 4) is 0 Å². The number of aliphatic hydroxyl groups is 1. The third kappa shape index (κ3) is 2.01. The number of fused-ring (bicyclic) bond motifs is 5. The highest BCUT2D eigenvalue weighted by molar-refractivity contribution is 5.26. The van der Waals surface area contributed by atoms with E-state index in [0.29, 0.717) is 17.3 Å². The van der Waals surface area contributed by atoms with Gasteiger partial charge in [-0.1, -0.05) is 26.7 Å². The van der Waals surface area contributed by atoms with Crippen LogP contribution in [-0.4, -0.2) is 10.7 Å². The summed E-state index contributed by atoms with van der Waals surface area (Å²) in [5.41, 5.74) is 1.36. The van der Waals surface area contributed by atoms with Crippen LogP contribution in [0.5, 0.6) is 0 Å². The Morgan fingerprint density at radius 1 is 0.960 bits per heavy atom. The SMILES string of the molecule is C[C@]12CCCCC1CC[C@@H]1[C@H]2CC[C@]2(C)C(c3ccoc3)CC[C@@]12O. The number of furan rings is 1. The molecule has 2 nitrogen and oxygen atoms in total. The zero-order chi connectivity index (χ0) is 17.3. The van der Waals surface area contributed by atoms with Crippen LogP contribution in [0, 0.1) is 28.6 Å². The lowest BCUT2D eigenvalue weighted by molar-refractivity contribution is -0.200. The van der Waals surface area contributed by atoms with Crippen molar-refractivity contribution >= 4 is 0 Å². The maximum absolute atomic E-state index is 12.1. The monoisotopic (exact) mass is 342 g/mol. The predicted octanol–water partition coefficient (Wildman–Crippen LogP) is 5.91. The Balaban J connectivity index is 1.51. The van der Waals surface area contributed by atoms with E-state index in [-0.39, 0.29) is 5.41 Å². The molecule has 1 N–H and O–H groups in total. The van der Waals surface area contributed by atoms with Crippen LogP contribution < -0.4 is 0 Å². The van der Waals surface area contributed by atoms with Gasteiger partial charge in [0.2, 0.25) is 0 Å². The summed E-state index contributed by atoms with van der Waals surface area (Å²) in [6.45, 7) is 4.98. The molecular formula is C23H34O2. The largest absolute Gasteiger partial charge is 0.472 e. The molecule has 0 amide bonds. The second-order valence-corrected chi connectivity index (χ2v) is 10.3. The predicted molar refractivity (Wildman–Crippen MR) is 99.3 cm³/mol. The zero-order valence-electron chi connectivity index (χ0n) is 16.0. The van der Waals surface area contributed by atoms with Crippen molar-refractivity contribution in [3.05, 3.63) is 24.2 Å². The van der Waals surface area contributed by atoms with Gasteiger partial charge in [0.1, 0.15) is 0 Å². The Hall–Kier alpha value is -0.760. The van der Waals surface area contributed by atoms with Crippen LogP contribution in [0.2, 0.25) is 0 Å². The van der Waals surface area contributed by atoms with E-state index in [1.165, 1.54) is 56.9 Å². The maximum Gasteiger partial charge on any atom is 0.0937 e. The summed E-state index contributed by atoms with van der Waals surface area (Å²) in [5.74, 6) is 2.64. The molecular weight excluding hydrogens is 308 g/mol. The Labute approximate surface area is 152 Å². The minimum Gasteiger partial charge on any atom is -0.472 e. The van der Waals surface area contributed by atoms with Gasteiger partial charge in [0.25, 0.3) is 0 Å². The molecule has 1 heterocycles. The molecule has 25 heavy (non-hydrogen) atoms. The molecule has 138 valence electrons. The van der Waals surface area contributed by atoms with E-state index < -0.39 is 5.60 Å². The van der Waals surface area contributed by atoms with Crippen LogP contribution in [0.25, 0.3) is 0 Å². The molecule has 4 aliphatic carbocycles. The Morgan fingerprint density at radius 3 is 2.64 bits per heavy atom. The summed E-state index contributed by atoms with van der Waals surface area (Å²) in [5, 5.41) is 12.1. The van der Waals surface area contributed by atoms with Gasteiger partial charge >= 0.3 is 0 Å². The van der Waals surface area contributed by atoms with Crippen molar-refractivity contribution in [3.63, 3.8) is 0 Å². The molecule has 0 radical (unpaired) electrons. The fourth-order valence-corrected chi connectivity index (χ4v) is 8.27. The molecule has 5 rings (SSSR count). The van der Waals surface area contributed by atoms with E-state index >= 15 is 0 Å². The lowest BCUT2D eigenvalue weighted by Gasteiger charge is -2.63. The third-order valence-electron chi connectivity index (χ3n) is 9.72. The molecule has 0 spiro atoms. The molecule has 4 saturated carbocycles. The highest BCUT2D eigenvalue weighted by Crippen LogP contribution is 2.70. The van der Waals surface area contributed by atoms with Crippen molar-refractivity contribution in [2.45, 2.75) is 89.6 Å². The Bertz CT molecular complexity index is 637. The first-order valence-electron chi connectivity index (χ1n) is 10.7. The van der Waals surface area contributed by atoms with Gasteiger partial charge < -0.3 is 9.52 Å². The number of rotatable bonds is 1.